The van der Waals surface area contributed by atoms with Crippen molar-refractivity contribution in [2.24, 2.45) is 0 Å². The van der Waals surface area contributed by atoms with Gasteiger partial charge in [0.25, 0.3) is 0 Å². The molecule has 1 aromatic carbocycles. The fourth-order valence-corrected chi connectivity index (χ4v) is 4.68. The van der Waals surface area contributed by atoms with Gasteiger partial charge in [0.15, 0.2) is 0 Å². The maximum Gasteiger partial charge on any atom is 0.234 e. The largest absolute Gasteiger partial charge is 0.380 e. The molecular weight excluding hydrogens is 378 g/mol. The van der Waals surface area contributed by atoms with Crippen LogP contribution in [-0.2, 0) is 35.6 Å². The van der Waals surface area contributed by atoms with Crippen molar-refractivity contribution in [2.75, 3.05) is 26.7 Å². The molecule has 1 N–H and O–H groups in total. The first-order valence-corrected chi connectivity index (χ1v) is 11.2. The molecule has 1 unspecified atom stereocenters. The smallest absolute Gasteiger partial charge is 0.234 e. The van der Waals surface area contributed by atoms with Crippen molar-refractivity contribution in [3.8, 4) is 0 Å². The molecule has 0 spiro atoms. The Bertz CT molecular complexity index is 850. The lowest BCUT2D eigenvalue weighted by Crippen LogP contribution is -2.42. The summed E-state index contributed by atoms with van der Waals surface area (Å²) in [5.41, 5.74) is 2.22. The second-order valence-corrected chi connectivity index (χ2v) is 8.54. The van der Waals surface area contributed by atoms with Crippen LogP contribution < -0.4 is 5.32 Å². The highest BCUT2D eigenvalue weighted by atomic mass is 16.5. The first-order chi connectivity index (χ1) is 14.7. The number of aryl methyl sites for hydroxylation is 1. The summed E-state index contributed by atoms with van der Waals surface area (Å²) in [5.74, 6) is 2.73. The molecule has 1 amide bonds. The predicted molar refractivity (Wildman–Crippen MR) is 115 cm³/mol. The van der Waals surface area contributed by atoms with E-state index in [0.29, 0.717) is 25.6 Å². The Morgan fingerprint density at radius 1 is 1.17 bits per heavy atom. The number of nitrogens with zero attached hydrogens (tertiary/aromatic N) is 4. The molecule has 2 aromatic rings. The molecule has 1 atom stereocenters. The lowest BCUT2D eigenvalue weighted by atomic mass is 9.97. The molecule has 162 valence electrons. The van der Waals surface area contributed by atoms with Crippen LogP contribution in [0, 0.1) is 0 Å². The third-order valence-electron chi connectivity index (χ3n) is 6.17. The first kappa shape index (κ1) is 21.0. The number of likely N-dealkylation sites (tertiary alicyclic amines) is 1. The summed E-state index contributed by atoms with van der Waals surface area (Å²) in [6, 6.07) is 8.16. The third-order valence-corrected chi connectivity index (χ3v) is 6.17. The fourth-order valence-electron chi connectivity index (χ4n) is 4.68. The van der Waals surface area contributed by atoms with Crippen LogP contribution >= 0.6 is 0 Å². The molecule has 1 saturated heterocycles. The quantitative estimate of drug-likeness (QED) is 0.758. The molecule has 1 aromatic heterocycles. The lowest BCUT2D eigenvalue weighted by molar-refractivity contribution is -0.122. The summed E-state index contributed by atoms with van der Waals surface area (Å²) < 4.78 is 7.54. The van der Waals surface area contributed by atoms with Gasteiger partial charge in [-0.25, -0.2) is 0 Å². The van der Waals surface area contributed by atoms with Crippen molar-refractivity contribution in [3.05, 3.63) is 47.0 Å². The normalized spacial score (nSPS) is 19.8. The Kier molecular flexibility index (Phi) is 7.12. The lowest BCUT2D eigenvalue weighted by Gasteiger charge is -2.31. The van der Waals surface area contributed by atoms with Crippen LogP contribution in [-0.4, -0.2) is 52.3 Å². The van der Waals surface area contributed by atoms with Crippen LogP contribution in [0.25, 0.3) is 0 Å². The van der Waals surface area contributed by atoms with E-state index < -0.39 is 0 Å². The summed E-state index contributed by atoms with van der Waals surface area (Å²) in [4.78, 5) is 14.8. The van der Waals surface area contributed by atoms with Gasteiger partial charge in [0, 0.05) is 39.1 Å². The second kappa shape index (κ2) is 10.2. The van der Waals surface area contributed by atoms with Crippen LogP contribution in [0.15, 0.2) is 24.3 Å². The van der Waals surface area contributed by atoms with Crippen LogP contribution in [0.3, 0.4) is 0 Å². The number of benzene rings is 1. The SMILES string of the molecule is COCc1cccc(CNC(=O)CN2CCCC(c3nnc4n3CCCCC4)C2)c1. The van der Waals surface area contributed by atoms with Gasteiger partial charge in [-0.05, 0) is 43.4 Å². The molecular formula is C23H33N5O2. The minimum absolute atomic E-state index is 0.0767. The van der Waals surface area contributed by atoms with Gasteiger partial charge in [0.05, 0.1) is 13.2 Å². The Labute approximate surface area is 178 Å². The highest BCUT2D eigenvalue weighted by Gasteiger charge is 2.28. The van der Waals surface area contributed by atoms with Gasteiger partial charge in [-0.2, -0.15) is 0 Å². The Morgan fingerprint density at radius 2 is 2.07 bits per heavy atom. The number of ether oxygens (including phenoxy) is 1. The average molecular weight is 412 g/mol. The molecule has 30 heavy (non-hydrogen) atoms. The van der Waals surface area contributed by atoms with Crippen molar-refractivity contribution in [1.29, 1.82) is 0 Å². The number of methoxy groups -OCH3 is 1. The summed E-state index contributed by atoms with van der Waals surface area (Å²) in [6.45, 7) is 4.46. The van der Waals surface area contributed by atoms with Crippen molar-refractivity contribution >= 4 is 5.91 Å². The molecule has 0 bridgehead atoms. The van der Waals surface area contributed by atoms with E-state index in [4.69, 9.17) is 4.74 Å². The Hall–Kier alpha value is -2.25. The number of fused-ring (bicyclic) bond motifs is 1. The number of piperidine rings is 1. The maximum absolute atomic E-state index is 12.6. The van der Waals surface area contributed by atoms with Gasteiger partial charge in [0.1, 0.15) is 11.6 Å². The molecule has 0 radical (unpaired) electrons. The van der Waals surface area contributed by atoms with Crippen LogP contribution in [0.2, 0.25) is 0 Å². The van der Waals surface area contributed by atoms with Crippen LogP contribution in [0.5, 0.6) is 0 Å². The van der Waals surface area contributed by atoms with E-state index in [1.807, 2.05) is 18.2 Å². The van der Waals surface area contributed by atoms with E-state index in [0.717, 1.165) is 61.7 Å². The minimum atomic E-state index is 0.0767. The monoisotopic (exact) mass is 411 g/mol. The standard InChI is InChI=1S/C23H33N5O2/c1-30-17-19-8-5-7-18(13-19)14-24-22(29)16-27-11-6-9-20(15-27)23-26-25-21-10-3-2-4-12-28(21)23/h5,7-8,13,20H,2-4,6,9-12,14-17H2,1H3,(H,24,29). The number of amides is 1. The average Bonchev–Trinajstić information content (AvgIpc) is 3.01. The predicted octanol–water partition coefficient (Wildman–Crippen LogP) is 2.65. The van der Waals surface area contributed by atoms with Crippen molar-refractivity contribution in [3.63, 3.8) is 0 Å². The number of hydrogen-bond acceptors (Lipinski definition) is 5. The van der Waals surface area contributed by atoms with E-state index in [2.05, 4.69) is 31.0 Å². The highest BCUT2D eigenvalue weighted by Crippen LogP contribution is 2.27. The van der Waals surface area contributed by atoms with Crippen molar-refractivity contribution in [1.82, 2.24) is 25.0 Å². The van der Waals surface area contributed by atoms with E-state index >= 15 is 0 Å². The second-order valence-electron chi connectivity index (χ2n) is 8.54. The van der Waals surface area contributed by atoms with Crippen LogP contribution in [0.1, 0.15) is 60.8 Å². The zero-order valence-electron chi connectivity index (χ0n) is 18.0. The van der Waals surface area contributed by atoms with E-state index in [-0.39, 0.29) is 5.91 Å². The number of carbonyl (C=O) groups is 1. The van der Waals surface area contributed by atoms with Crippen molar-refractivity contribution in [2.45, 2.75) is 64.1 Å². The minimum Gasteiger partial charge on any atom is -0.380 e. The molecule has 0 saturated carbocycles. The molecule has 7 nitrogen and oxygen atoms in total. The summed E-state index contributed by atoms with van der Waals surface area (Å²) in [7, 11) is 1.69. The number of hydrogen-bond donors (Lipinski definition) is 1. The van der Waals surface area contributed by atoms with Crippen LogP contribution in [0.4, 0.5) is 0 Å². The topological polar surface area (TPSA) is 72.3 Å². The molecule has 7 heteroatoms. The summed E-state index contributed by atoms with van der Waals surface area (Å²) in [5, 5.41) is 12.1. The Morgan fingerprint density at radius 3 is 2.97 bits per heavy atom. The van der Waals surface area contributed by atoms with Gasteiger partial charge < -0.3 is 14.6 Å². The summed E-state index contributed by atoms with van der Waals surface area (Å²) in [6.07, 6.45) is 6.96. The van der Waals surface area contributed by atoms with E-state index in [9.17, 15) is 4.79 Å². The van der Waals surface area contributed by atoms with Crippen molar-refractivity contribution < 1.29 is 9.53 Å². The number of aromatic nitrogens is 3. The summed E-state index contributed by atoms with van der Waals surface area (Å²) >= 11 is 0. The highest BCUT2D eigenvalue weighted by molar-refractivity contribution is 5.78. The number of carbonyl (C=O) groups excluding carboxylic acids is 1. The maximum atomic E-state index is 12.6. The zero-order chi connectivity index (χ0) is 20.8. The first-order valence-electron chi connectivity index (χ1n) is 11.2. The van der Waals surface area contributed by atoms with Gasteiger partial charge >= 0.3 is 0 Å². The Balaban J connectivity index is 1.30. The fraction of sp³-hybridized carbons (Fsp3) is 0.609. The molecule has 1 fully saturated rings. The number of nitrogens with one attached hydrogen (secondary N) is 1. The van der Waals surface area contributed by atoms with Gasteiger partial charge in [-0.3, -0.25) is 9.69 Å². The zero-order valence-corrected chi connectivity index (χ0v) is 18.0. The van der Waals surface area contributed by atoms with Gasteiger partial charge in [-0.1, -0.05) is 30.7 Å². The molecule has 0 aliphatic carbocycles. The van der Waals surface area contributed by atoms with Gasteiger partial charge in [-0.15, -0.1) is 10.2 Å². The van der Waals surface area contributed by atoms with E-state index in [1.165, 1.54) is 19.3 Å². The van der Waals surface area contributed by atoms with Gasteiger partial charge in [0.2, 0.25) is 5.91 Å². The molecule has 2 aliphatic rings. The molecule has 2 aliphatic heterocycles. The number of rotatable bonds is 7. The third kappa shape index (κ3) is 5.26. The van der Waals surface area contributed by atoms with E-state index in [1.54, 1.807) is 7.11 Å². The molecule has 4 rings (SSSR count). The molecule has 3 heterocycles.